The van der Waals surface area contributed by atoms with Gasteiger partial charge >= 0.3 is 0 Å². The van der Waals surface area contributed by atoms with Crippen LogP contribution in [0.25, 0.3) is 22.4 Å². The van der Waals surface area contributed by atoms with E-state index in [2.05, 4.69) is 20.1 Å². The highest BCUT2D eigenvalue weighted by atomic mass is 16.5. The zero-order valence-electron chi connectivity index (χ0n) is 13.3. The van der Waals surface area contributed by atoms with Crippen LogP contribution in [-0.4, -0.2) is 31.0 Å². The quantitative estimate of drug-likeness (QED) is 0.535. The Labute approximate surface area is 142 Å². The van der Waals surface area contributed by atoms with E-state index in [4.69, 9.17) is 4.74 Å². The van der Waals surface area contributed by atoms with Crippen LogP contribution in [0.3, 0.4) is 0 Å². The highest BCUT2D eigenvalue weighted by molar-refractivity contribution is 5.82. The van der Waals surface area contributed by atoms with Gasteiger partial charge in [-0.15, -0.1) is 0 Å². The maximum atomic E-state index is 11.0. The van der Waals surface area contributed by atoms with Gasteiger partial charge in [0.1, 0.15) is 17.4 Å². The van der Waals surface area contributed by atoms with E-state index < -0.39 is 0 Å². The van der Waals surface area contributed by atoms with Crippen LogP contribution in [0.15, 0.2) is 55.0 Å². The molecule has 0 aliphatic rings. The van der Waals surface area contributed by atoms with Gasteiger partial charge < -0.3 is 4.74 Å². The van der Waals surface area contributed by atoms with Crippen molar-refractivity contribution in [3.05, 3.63) is 60.6 Å². The summed E-state index contributed by atoms with van der Waals surface area (Å²) in [4.78, 5) is 24.0. The number of rotatable bonds is 4. The van der Waals surface area contributed by atoms with E-state index in [0.717, 1.165) is 11.8 Å². The van der Waals surface area contributed by atoms with Gasteiger partial charge in [0.05, 0.1) is 0 Å². The second-order valence-electron chi connectivity index (χ2n) is 5.42. The van der Waals surface area contributed by atoms with Gasteiger partial charge in [0, 0.05) is 36.8 Å². The van der Waals surface area contributed by atoms with Gasteiger partial charge in [-0.05, 0) is 24.3 Å². The smallest absolute Gasteiger partial charge is 0.234 e. The first-order chi connectivity index (χ1) is 12.2. The standard InChI is InChI=1S/C18H13N5O2/c1-23-10-15-17(22-23)20-16(13-5-7-19-8-6-13)21-18(15)25-14-4-2-3-12(9-14)11-24/h2-11H,1H3. The van der Waals surface area contributed by atoms with Gasteiger partial charge in [-0.25, -0.2) is 4.98 Å². The molecule has 3 aromatic heterocycles. The molecule has 0 amide bonds. The molecule has 0 fully saturated rings. The lowest BCUT2D eigenvalue weighted by atomic mass is 10.2. The van der Waals surface area contributed by atoms with Crippen molar-refractivity contribution in [3.8, 4) is 23.0 Å². The number of pyridine rings is 1. The average molecular weight is 331 g/mol. The molecule has 7 nitrogen and oxygen atoms in total. The first kappa shape index (κ1) is 14.9. The topological polar surface area (TPSA) is 82.8 Å². The number of aromatic nitrogens is 5. The summed E-state index contributed by atoms with van der Waals surface area (Å²) in [7, 11) is 1.81. The minimum atomic E-state index is 0.382. The fourth-order valence-electron chi connectivity index (χ4n) is 2.46. The van der Waals surface area contributed by atoms with Crippen LogP contribution in [-0.2, 0) is 7.05 Å². The number of carbonyl (C=O) groups is 1. The largest absolute Gasteiger partial charge is 0.438 e. The fourth-order valence-corrected chi connectivity index (χ4v) is 2.46. The highest BCUT2D eigenvalue weighted by Crippen LogP contribution is 2.29. The van der Waals surface area contributed by atoms with Crippen molar-refractivity contribution in [3.63, 3.8) is 0 Å². The number of carbonyl (C=O) groups excluding carboxylic acids is 1. The van der Waals surface area contributed by atoms with Crippen molar-refractivity contribution in [1.29, 1.82) is 0 Å². The highest BCUT2D eigenvalue weighted by Gasteiger charge is 2.14. The van der Waals surface area contributed by atoms with Gasteiger partial charge in [0.25, 0.3) is 0 Å². The Hall–Kier alpha value is -3.61. The summed E-state index contributed by atoms with van der Waals surface area (Å²) in [6.45, 7) is 0. The number of nitrogens with zero attached hydrogens (tertiary/aromatic N) is 5. The lowest BCUT2D eigenvalue weighted by molar-refractivity contribution is 0.112. The summed E-state index contributed by atoms with van der Waals surface area (Å²) in [6, 6.07) is 10.5. The third-order valence-electron chi connectivity index (χ3n) is 3.61. The molecule has 3 heterocycles. The second-order valence-corrected chi connectivity index (χ2v) is 5.42. The Kier molecular flexibility index (Phi) is 3.66. The molecule has 0 radical (unpaired) electrons. The molecule has 0 atom stereocenters. The number of aldehydes is 1. The van der Waals surface area contributed by atoms with Gasteiger partial charge in [0.15, 0.2) is 11.5 Å². The van der Waals surface area contributed by atoms with E-state index in [1.807, 2.05) is 19.2 Å². The summed E-state index contributed by atoms with van der Waals surface area (Å²) in [5.74, 6) is 1.40. The van der Waals surface area contributed by atoms with E-state index in [0.29, 0.717) is 34.1 Å². The zero-order chi connectivity index (χ0) is 17.2. The van der Waals surface area contributed by atoms with Crippen LogP contribution in [0.5, 0.6) is 11.6 Å². The molecular formula is C18H13N5O2. The number of fused-ring (bicyclic) bond motifs is 1. The van der Waals surface area contributed by atoms with E-state index in [9.17, 15) is 4.79 Å². The van der Waals surface area contributed by atoms with Crippen LogP contribution >= 0.6 is 0 Å². The molecule has 122 valence electrons. The van der Waals surface area contributed by atoms with Crippen LogP contribution in [0.4, 0.5) is 0 Å². The van der Waals surface area contributed by atoms with Crippen LogP contribution in [0.2, 0.25) is 0 Å². The van der Waals surface area contributed by atoms with Crippen molar-refractivity contribution < 1.29 is 9.53 Å². The summed E-state index contributed by atoms with van der Waals surface area (Å²) in [5.41, 5.74) is 1.88. The number of hydrogen-bond donors (Lipinski definition) is 0. The van der Waals surface area contributed by atoms with Gasteiger partial charge in [-0.2, -0.15) is 10.1 Å². The molecule has 0 spiro atoms. The van der Waals surface area contributed by atoms with E-state index in [1.165, 1.54) is 0 Å². The first-order valence-electron chi connectivity index (χ1n) is 7.58. The van der Waals surface area contributed by atoms with Crippen LogP contribution < -0.4 is 4.74 Å². The molecule has 4 aromatic rings. The molecule has 1 aromatic carbocycles. The molecule has 7 heteroatoms. The third-order valence-corrected chi connectivity index (χ3v) is 3.61. The third kappa shape index (κ3) is 2.94. The molecule has 0 bridgehead atoms. The molecule has 4 rings (SSSR count). The number of hydrogen-bond acceptors (Lipinski definition) is 6. The molecular weight excluding hydrogens is 318 g/mol. The lowest BCUT2D eigenvalue weighted by Crippen LogP contribution is -1.96. The normalized spacial score (nSPS) is 10.8. The maximum Gasteiger partial charge on any atom is 0.234 e. The zero-order valence-corrected chi connectivity index (χ0v) is 13.3. The minimum Gasteiger partial charge on any atom is -0.438 e. The summed E-state index contributed by atoms with van der Waals surface area (Å²) >= 11 is 0. The van der Waals surface area contributed by atoms with Gasteiger partial charge in [0.2, 0.25) is 5.88 Å². The summed E-state index contributed by atoms with van der Waals surface area (Å²) < 4.78 is 7.59. The number of ether oxygens (including phenoxy) is 1. The Morgan fingerprint density at radius 3 is 2.76 bits per heavy atom. The van der Waals surface area contributed by atoms with Gasteiger partial charge in [-0.3, -0.25) is 14.5 Å². The molecule has 0 unspecified atom stereocenters. The van der Waals surface area contributed by atoms with Crippen molar-refractivity contribution in [2.45, 2.75) is 0 Å². The molecule has 0 aliphatic heterocycles. The summed E-state index contributed by atoms with van der Waals surface area (Å²) in [6.07, 6.45) is 5.92. The maximum absolute atomic E-state index is 11.0. The summed E-state index contributed by atoms with van der Waals surface area (Å²) in [5, 5.41) is 5.04. The van der Waals surface area contributed by atoms with E-state index in [1.54, 1.807) is 47.5 Å². The van der Waals surface area contributed by atoms with Crippen molar-refractivity contribution in [2.24, 2.45) is 7.05 Å². The lowest BCUT2D eigenvalue weighted by Gasteiger charge is -2.08. The molecule has 0 N–H and O–H groups in total. The van der Waals surface area contributed by atoms with E-state index >= 15 is 0 Å². The molecule has 0 saturated heterocycles. The minimum absolute atomic E-state index is 0.382. The Morgan fingerprint density at radius 2 is 1.96 bits per heavy atom. The second kappa shape index (κ2) is 6.12. The first-order valence-corrected chi connectivity index (χ1v) is 7.58. The molecule has 25 heavy (non-hydrogen) atoms. The predicted octanol–water partition coefficient (Wildman–Crippen LogP) is 3.03. The SMILES string of the molecule is Cn1cc2c(Oc3cccc(C=O)c3)nc(-c3ccncc3)nc2n1. The Bertz CT molecular complexity index is 1060. The molecule has 0 saturated carbocycles. The van der Waals surface area contributed by atoms with Crippen molar-refractivity contribution in [2.75, 3.05) is 0 Å². The fraction of sp³-hybridized carbons (Fsp3) is 0.0556. The number of aryl methyl sites for hydroxylation is 1. The monoisotopic (exact) mass is 331 g/mol. The predicted molar refractivity (Wildman–Crippen MR) is 91.4 cm³/mol. The Morgan fingerprint density at radius 1 is 1.12 bits per heavy atom. The van der Waals surface area contributed by atoms with Crippen LogP contribution in [0.1, 0.15) is 10.4 Å². The molecule has 0 aliphatic carbocycles. The van der Waals surface area contributed by atoms with Gasteiger partial charge in [-0.1, -0.05) is 12.1 Å². The van der Waals surface area contributed by atoms with Crippen molar-refractivity contribution in [1.82, 2.24) is 24.7 Å². The Balaban J connectivity index is 1.84. The van der Waals surface area contributed by atoms with Crippen molar-refractivity contribution >= 4 is 17.3 Å². The van der Waals surface area contributed by atoms with Crippen LogP contribution in [0, 0.1) is 0 Å². The average Bonchev–Trinajstić information content (AvgIpc) is 3.03. The van der Waals surface area contributed by atoms with E-state index in [-0.39, 0.29) is 0 Å². The number of benzene rings is 1.